The summed E-state index contributed by atoms with van der Waals surface area (Å²) in [7, 11) is 0. The fraction of sp³-hybridized carbons (Fsp3) is 0.800. The van der Waals surface area contributed by atoms with Crippen molar-refractivity contribution in [2.24, 2.45) is 0 Å². The molecule has 2 fully saturated rings. The van der Waals surface area contributed by atoms with Crippen LogP contribution in [-0.2, 0) is 4.79 Å². The highest BCUT2D eigenvalue weighted by molar-refractivity contribution is 5.78. The molecule has 4 nitrogen and oxygen atoms in total. The molecular formula is C15H26N2O2. The largest absolute Gasteiger partial charge is 0.392 e. The highest BCUT2D eigenvalue weighted by Crippen LogP contribution is 2.21. The third-order valence-electron chi connectivity index (χ3n) is 4.20. The summed E-state index contributed by atoms with van der Waals surface area (Å²) in [5.41, 5.74) is 0. The summed E-state index contributed by atoms with van der Waals surface area (Å²) in [6.07, 6.45) is 7.20. The number of rotatable bonds is 6. The van der Waals surface area contributed by atoms with Crippen molar-refractivity contribution in [3.8, 4) is 0 Å². The number of β-amino-alcohol motifs (C(OH)–C–C–N with tert-alkyl or cyclic N) is 1. The van der Waals surface area contributed by atoms with Crippen LogP contribution in [0.25, 0.3) is 0 Å². The monoisotopic (exact) mass is 266 g/mol. The van der Waals surface area contributed by atoms with Gasteiger partial charge in [-0.05, 0) is 38.6 Å². The molecule has 0 unspecified atom stereocenters. The topological polar surface area (TPSA) is 43.8 Å². The van der Waals surface area contributed by atoms with Gasteiger partial charge in [0.15, 0.2) is 0 Å². The molecule has 4 heteroatoms. The third-order valence-corrected chi connectivity index (χ3v) is 4.20. The summed E-state index contributed by atoms with van der Waals surface area (Å²) in [6, 6.07) is 0.371. The zero-order valence-corrected chi connectivity index (χ0v) is 11.8. The number of carbonyl (C=O) groups is 1. The Morgan fingerprint density at radius 2 is 2.26 bits per heavy atom. The molecule has 1 amide bonds. The number of aliphatic hydroxyl groups excluding tert-OH is 1. The Labute approximate surface area is 116 Å². The highest BCUT2D eigenvalue weighted by Gasteiger charge is 2.31. The van der Waals surface area contributed by atoms with E-state index in [1.165, 1.54) is 0 Å². The average Bonchev–Trinajstić information content (AvgIpc) is 2.83. The van der Waals surface area contributed by atoms with Crippen molar-refractivity contribution in [2.75, 3.05) is 26.2 Å². The summed E-state index contributed by atoms with van der Waals surface area (Å²) < 4.78 is 0. The lowest BCUT2D eigenvalue weighted by Crippen LogP contribution is -2.50. The van der Waals surface area contributed by atoms with Crippen LogP contribution in [0.5, 0.6) is 0 Å². The second kappa shape index (κ2) is 7.06. The number of piperidine rings is 1. The number of hydrogen-bond acceptors (Lipinski definition) is 3. The first kappa shape index (κ1) is 14.5. The number of allylic oxidation sites excluding steroid dienone is 1. The Morgan fingerprint density at radius 1 is 1.42 bits per heavy atom. The van der Waals surface area contributed by atoms with E-state index < -0.39 is 0 Å². The molecule has 0 bridgehead atoms. The van der Waals surface area contributed by atoms with Crippen LogP contribution in [0.2, 0.25) is 0 Å². The summed E-state index contributed by atoms with van der Waals surface area (Å²) in [5, 5.41) is 9.97. The van der Waals surface area contributed by atoms with Crippen molar-refractivity contribution in [1.29, 1.82) is 0 Å². The molecule has 0 aromatic heterocycles. The van der Waals surface area contributed by atoms with E-state index in [1.54, 1.807) is 0 Å². The van der Waals surface area contributed by atoms with Crippen molar-refractivity contribution in [2.45, 2.75) is 50.7 Å². The Morgan fingerprint density at radius 3 is 2.95 bits per heavy atom. The summed E-state index contributed by atoms with van der Waals surface area (Å²) in [4.78, 5) is 16.2. The van der Waals surface area contributed by atoms with Gasteiger partial charge in [0, 0.05) is 32.1 Å². The molecule has 0 aromatic carbocycles. The minimum Gasteiger partial charge on any atom is -0.392 e. The van der Waals surface area contributed by atoms with Crippen molar-refractivity contribution in [3.05, 3.63) is 12.7 Å². The Balaban J connectivity index is 1.79. The predicted octanol–water partition coefficient (Wildman–Crippen LogP) is 1.40. The molecular weight excluding hydrogens is 240 g/mol. The van der Waals surface area contributed by atoms with Crippen molar-refractivity contribution in [3.63, 3.8) is 0 Å². The normalized spacial score (nSPS) is 26.7. The van der Waals surface area contributed by atoms with Gasteiger partial charge in [0.05, 0.1) is 6.10 Å². The number of aliphatic hydroxyl groups is 1. The van der Waals surface area contributed by atoms with Gasteiger partial charge < -0.3 is 10.0 Å². The number of likely N-dealkylation sites (tertiary alicyclic amines) is 2. The quantitative estimate of drug-likeness (QED) is 0.739. The fourth-order valence-electron chi connectivity index (χ4n) is 3.21. The van der Waals surface area contributed by atoms with E-state index in [4.69, 9.17) is 0 Å². The third kappa shape index (κ3) is 4.05. The number of amides is 1. The van der Waals surface area contributed by atoms with Crippen molar-refractivity contribution >= 4 is 5.91 Å². The van der Waals surface area contributed by atoms with Gasteiger partial charge in [0.2, 0.25) is 5.91 Å². The second-order valence-electron chi connectivity index (χ2n) is 5.77. The van der Waals surface area contributed by atoms with Crippen LogP contribution in [0.4, 0.5) is 0 Å². The lowest BCUT2D eigenvalue weighted by atomic mass is 10.0. The van der Waals surface area contributed by atoms with Crippen LogP contribution >= 0.6 is 0 Å². The Hall–Kier alpha value is -0.870. The fourth-order valence-corrected chi connectivity index (χ4v) is 3.21. The molecule has 0 spiro atoms. The van der Waals surface area contributed by atoms with Crippen LogP contribution in [0, 0.1) is 0 Å². The molecule has 0 radical (unpaired) electrons. The first-order valence-electron chi connectivity index (χ1n) is 7.51. The summed E-state index contributed by atoms with van der Waals surface area (Å²) in [5.74, 6) is 0.319. The van der Waals surface area contributed by atoms with Gasteiger partial charge in [-0.1, -0.05) is 6.08 Å². The van der Waals surface area contributed by atoms with Gasteiger partial charge >= 0.3 is 0 Å². The minimum atomic E-state index is -0.272. The lowest BCUT2D eigenvalue weighted by molar-refractivity contribution is -0.130. The van der Waals surface area contributed by atoms with Crippen LogP contribution in [-0.4, -0.2) is 59.1 Å². The van der Waals surface area contributed by atoms with E-state index in [1.807, 2.05) is 6.08 Å². The first-order valence-corrected chi connectivity index (χ1v) is 7.51. The van der Waals surface area contributed by atoms with Crippen LogP contribution in [0.1, 0.15) is 38.5 Å². The zero-order valence-electron chi connectivity index (χ0n) is 11.8. The summed E-state index contributed by atoms with van der Waals surface area (Å²) >= 11 is 0. The Kier molecular flexibility index (Phi) is 5.40. The van der Waals surface area contributed by atoms with E-state index in [0.29, 0.717) is 11.9 Å². The standard InChI is InChI=1S/C15H26N2O2/c1-2-3-7-14(18)12-16-9-4-6-13(11-16)17-10-5-8-15(17)19/h2,13-14,18H,1,3-12H2/t13-,14-/m1/s1. The van der Waals surface area contributed by atoms with E-state index in [2.05, 4.69) is 16.4 Å². The number of hydrogen-bond donors (Lipinski definition) is 1. The molecule has 2 atom stereocenters. The molecule has 0 aromatic rings. The molecule has 2 aliphatic rings. The molecule has 2 aliphatic heterocycles. The maximum Gasteiger partial charge on any atom is 0.222 e. The molecule has 108 valence electrons. The van der Waals surface area contributed by atoms with E-state index >= 15 is 0 Å². The zero-order chi connectivity index (χ0) is 13.7. The molecule has 2 rings (SSSR count). The van der Waals surface area contributed by atoms with Gasteiger partial charge in [0.1, 0.15) is 0 Å². The highest BCUT2D eigenvalue weighted by atomic mass is 16.3. The number of carbonyl (C=O) groups excluding carboxylic acids is 1. The van der Waals surface area contributed by atoms with Crippen molar-refractivity contribution in [1.82, 2.24) is 9.80 Å². The SMILES string of the molecule is C=CCC[C@@H](O)CN1CCC[C@@H](N2CCCC2=O)C1. The Bertz CT molecular complexity index is 319. The lowest BCUT2D eigenvalue weighted by Gasteiger charge is -2.38. The smallest absolute Gasteiger partial charge is 0.222 e. The predicted molar refractivity (Wildman–Crippen MR) is 75.8 cm³/mol. The minimum absolute atomic E-state index is 0.272. The van der Waals surface area contributed by atoms with Gasteiger partial charge in [-0.3, -0.25) is 9.69 Å². The van der Waals surface area contributed by atoms with Crippen molar-refractivity contribution < 1.29 is 9.90 Å². The molecule has 1 N–H and O–H groups in total. The van der Waals surface area contributed by atoms with E-state index in [0.717, 1.165) is 64.7 Å². The first-order chi connectivity index (χ1) is 9.20. The number of nitrogens with zero attached hydrogens (tertiary/aromatic N) is 2. The maximum atomic E-state index is 11.8. The van der Waals surface area contributed by atoms with E-state index in [-0.39, 0.29) is 6.10 Å². The van der Waals surface area contributed by atoms with Gasteiger partial charge in [-0.15, -0.1) is 6.58 Å². The van der Waals surface area contributed by atoms with Crippen LogP contribution in [0.15, 0.2) is 12.7 Å². The molecule has 2 heterocycles. The molecule has 2 saturated heterocycles. The van der Waals surface area contributed by atoms with E-state index in [9.17, 15) is 9.90 Å². The molecule has 0 aliphatic carbocycles. The average molecular weight is 266 g/mol. The molecule has 19 heavy (non-hydrogen) atoms. The van der Waals surface area contributed by atoms with Crippen LogP contribution in [0.3, 0.4) is 0 Å². The van der Waals surface area contributed by atoms with Gasteiger partial charge in [-0.25, -0.2) is 0 Å². The van der Waals surface area contributed by atoms with Gasteiger partial charge in [-0.2, -0.15) is 0 Å². The second-order valence-corrected chi connectivity index (χ2v) is 5.77. The molecule has 0 saturated carbocycles. The maximum absolute atomic E-state index is 11.8. The van der Waals surface area contributed by atoms with Gasteiger partial charge in [0.25, 0.3) is 0 Å². The van der Waals surface area contributed by atoms with Crippen LogP contribution < -0.4 is 0 Å². The summed E-state index contributed by atoms with van der Waals surface area (Å²) in [6.45, 7) is 7.31.